The van der Waals surface area contributed by atoms with Crippen LogP contribution in [-0.2, 0) is 6.54 Å². The lowest BCUT2D eigenvalue weighted by Crippen LogP contribution is -2.15. The first-order valence-corrected chi connectivity index (χ1v) is 5.10. The molecule has 0 atom stereocenters. The molecule has 18 heavy (non-hydrogen) atoms. The largest absolute Gasteiger partial charge is 0.481 e. The van der Waals surface area contributed by atoms with Gasteiger partial charge in [0, 0.05) is 11.8 Å². The third-order valence-electron chi connectivity index (χ3n) is 2.25. The third-order valence-corrected chi connectivity index (χ3v) is 2.25. The minimum Gasteiger partial charge on any atom is -0.481 e. The molecule has 0 saturated heterocycles. The van der Waals surface area contributed by atoms with Crippen LogP contribution in [0.15, 0.2) is 29.8 Å². The molecule has 0 aliphatic rings. The van der Waals surface area contributed by atoms with Gasteiger partial charge in [0.15, 0.2) is 0 Å². The van der Waals surface area contributed by atoms with E-state index in [0.717, 1.165) is 5.56 Å². The molecule has 3 N–H and O–H groups in total. The second kappa shape index (κ2) is 5.13. The highest BCUT2D eigenvalue weighted by atomic mass is 16.5. The van der Waals surface area contributed by atoms with Gasteiger partial charge in [-0.15, -0.1) is 5.10 Å². The zero-order valence-corrected chi connectivity index (χ0v) is 9.69. The molecule has 94 valence electrons. The summed E-state index contributed by atoms with van der Waals surface area (Å²) in [7, 11) is 1.55. The molecule has 8 heteroatoms. The first-order chi connectivity index (χ1) is 8.74. The Morgan fingerprint density at radius 3 is 3.11 bits per heavy atom. The molecule has 0 fully saturated rings. The lowest BCUT2D eigenvalue weighted by Gasteiger charge is -2.05. The van der Waals surface area contributed by atoms with Crippen LogP contribution < -0.4 is 10.5 Å². The molecule has 0 radical (unpaired) electrons. The highest BCUT2D eigenvalue weighted by molar-refractivity contribution is 5.93. The average molecular weight is 248 g/mol. The molecule has 0 aromatic carbocycles. The normalized spacial score (nSPS) is 11.5. The molecule has 2 rings (SSSR count). The Kier molecular flexibility index (Phi) is 3.37. The van der Waals surface area contributed by atoms with Crippen molar-refractivity contribution in [2.24, 2.45) is 10.9 Å². The molecule has 0 unspecified atom stereocenters. The molecule has 0 spiro atoms. The summed E-state index contributed by atoms with van der Waals surface area (Å²) < 4.78 is 6.68. The summed E-state index contributed by atoms with van der Waals surface area (Å²) >= 11 is 0. The second-order valence-corrected chi connectivity index (χ2v) is 3.42. The van der Waals surface area contributed by atoms with E-state index >= 15 is 0 Å². The molecule has 0 aliphatic carbocycles. The number of hydrogen-bond acceptors (Lipinski definition) is 6. The summed E-state index contributed by atoms with van der Waals surface area (Å²) in [6, 6.07) is 3.68. The number of pyridine rings is 1. The van der Waals surface area contributed by atoms with Crippen molar-refractivity contribution in [3.05, 3.63) is 36.0 Å². The van der Waals surface area contributed by atoms with Crippen molar-refractivity contribution in [3.63, 3.8) is 0 Å². The van der Waals surface area contributed by atoms with E-state index in [4.69, 9.17) is 15.7 Å². The van der Waals surface area contributed by atoms with Crippen LogP contribution in [0.5, 0.6) is 5.88 Å². The summed E-state index contributed by atoms with van der Waals surface area (Å²) in [6.07, 6.45) is 3.13. The smallest absolute Gasteiger partial charge is 0.219 e. The predicted octanol–water partition coefficient (Wildman–Crippen LogP) is -0.176. The zero-order chi connectivity index (χ0) is 13.0. The predicted molar refractivity (Wildman–Crippen MR) is 62.4 cm³/mol. The van der Waals surface area contributed by atoms with Gasteiger partial charge in [0.2, 0.25) is 17.5 Å². The third kappa shape index (κ3) is 2.37. The van der Waals surface area contributed by atoms with E-state index in [0.29, 0.717) is 12.4 Å². The van der Waals surface area contributed by atoms with Gasteiger partial charge in [-0.2, -0.15) is 0 Å². The van der Waals surface area contributed by atoms with Gasteiger partial charge >= 0.3 is 0 Å². The monoisotopic (exact) mass is 248 g/mol. The Bertz CT molecular complexity index is 565. The van der Waals surface area contributed by atoms with Gasteiger partial charge in [-0.1, -0.05) is 11.2 Å². The lowest BCUT2D eigenvalue weighted by atomic mass is 10.3. The van der Waals surface area contributed by atoms with Crippen LogP contribution >= 0.6 is 0 Å². The number of hydrogen-bond donors (Lipinski definition) is 2. The van der Waals surface area contributed by atoms with Gasteiger partial charge in [0.25, 0.3) is 0 Å². The van der Waals surface area contributed by atoms with Crippen molar-refractivity contribution >= 4 is 5.84 Å². The Morgan fingerprint density at radius 1 is 1.56 bits per heavy atom. The molecule has 0 aliphatic heterocycles. The van der Waals surface area contributed by atoms with Gasteiger partial charge < -0.3 is 15.7 Å². The number of oxime groups is 1. The van der Waals surface area contributed by atoms with Crippen LogP contribution in [0.4, 0.5) is 0 Å². The fraction of sp³-hybridized carbons (Fsp3) is 0.200. The number of ether oxygens (including phenoxy) is 1. The van der Waals surface area contributed by atoms with Crippen LogP contribution in [0.1, 0.15) is 11.4 Å². The number of methoxy groups -OCH3 is 1. The summed E-state index contributed by atoms with van der Waals surface area (Å²) in [5.74, 6) is 0.561. The molecule has 0 bridgehead atoms. The number of nitrogens with zero attached hydrogens (tertiary/aromatic N) is 5. The quantitative estimate of drug-likeness (QED) is 0.336. The van der Waals surface area contributed by atoms with E-state index in [1.54, 1.807) is 24.1 Å². The minimum absolute atomic E-state index is 0.132. The van der Waals surface area contributed by atoms with Crippen molar-refractivity contribution in [1.82, 2.24) is 19.7 Å². The fourth-order valence-electron chi connectivity index (χ4n) is 1.44. The summed E-state index contributed by atoms with van der Waals surface area (Å²) in [5.41, 5.74) is 6.24. The lowest BCUT2D eigenvalue weighted by molar-refractivity contribution is 0.318. The van der Waals surface area contributed by atoms with E-state index < -0.39 is 0 Å². The maximum atomic E-state index is 8.51. The molecule has 0 amide bonds. The first-order valence-electron chi connectivity index (χ1n) is 5.10. The van der Waals surface area contributed by atoms with Crippen LogP contribution in [0.25, 0.3) is 0 Å². The van der Waals surface area contributed by atoms with Crippen molar-refractivity contribution in [2.75, 3.05) is 7.11 Å². The summed E-state index contributed by atoms with van der Waals surface area (Å²) in [6.45, 7) is 0.433. The van der Waals surface area contributed by atoms with Crippen molar-refractivity contribution < 1.29 is 9.94 Å². The number of rotatable bonds is 4. The van der Waals surface area contributed by atoms with Gasteiger partial charge in [0.05, 0.1) is 13.7 Å². The standard InChI is InChI=1S/C10H12N6O2/c1-18-10-7(3-2-4-12-10)5-16-6-13-9(14-16)8(11)15-17/h2-4,6,17H,5H2,1H3,(H2,11,15). The highest BCUT2D eigenvalue weighted by Crippen LogP contribution is 2.14. The fourth-order valence-corrected chi connectivity index (χ4v) is 1.44. The number of nitrogens with two attached hydrogens (primary N) is 1. The Labute approximate surface area is 103 Å². The molecule has 0 saturated carbocycles. The van der Waals surface area contributed by atoms with Gasteiger partial charge in [0.1, 0.15) is 6.33 Å². The maximum absolute atomic E-state index is 8.51. The van der Waals surface area contributed by atoms with Gasteiger partial charge in [-0.05, 0) is 6.07 Å². The van der Waals surface area contributed by atoms with Gasteiger partial charge in [-0.25, -0.2) is 14.6 Å². The van der Waals surface area contributed by atoms with Crippen molar-refractivity contribution in [1.29, 1.82) is 0 Å². The SMILES string of the molecule is COc1ncccc1Cn1cnc(C(N)=NO)n1. The molecular weight excluding hydrogens is 236 g/mol. The number of amidine groups is 1. The van der Waals surface area contributed by atoms with Crippen molar-refractivity contribution in [2.45, 2.75) is 6.54 Å². The maximum Gasteiger partial charge on any atom is 0.219 e. The molecule has 2 heterocycles. The van der Waals surface area contributed by atoms with E-state index in [1.807, 2.05) is 6.07 Å². The second-order valence-electron chi connectivity index (χ2n) is 3.42. The van der Waals surface area contributed by atoms with E-state index in [-0.39, 0.29) is 11.7 Å². The number of aromatic nitrogens is 4. The van der Waals surface area contributed by atoms with E-state index in [9.17, 15) is 0 Å². The van der Waals surface area contributed by atoms with Gasteiger partial charge in [-0.3, -0.25) is 0 Å². The first kappa shape index (κ1) is 11.8. The highest BCUT2D eigenvalue weighted by Gasteiger charge is 2.08. The van der Waals surface area contributed by atoms with Crippen LogP contribution in [0, 0.1) is 0 Å². The molecule has 2 aromatic heterocycles. The Hall–Kier alpha value is -2.64. The topological polar surface area (TPSA) is 111 Å². The summed E-state index contributed by atoms with van der Waals surface area (Å²) in [5, 5.41) is 15.4. The minimum atomic E-state index is -0.132. The molecular formula is C10H12N6O2. The molecule has 8 nitrogen and oxygen atoms in total. The van der Waals surface area contributed by atoms with Crippen LogP contribution in [0.3, 0.4) is 0 Å². The zero-order valence-electron chi connectivity index (χ0n) is 9.69. The van der Waals surface area contributed by atoms with Crippen molar-refractivity contribution in [3.8, 4) is 5.88 Å². The van der Waals surface area contributed by atoms with Crippen LogP contribution in [0.2, 0.25) is 0 Å². The Balaban J connectivity index is 2.21. The Morgan fingerprint density at radius 2 is 2.39 bits per heavy atom. The molecule has 2 aromatic rings. The average Bonchev–Trinajstić information content (AvgIpc) is 2.87. The van der Waals surface area contributed by atoms with E-state index in [1.165, 1.54) is 6.33 Å². The van der Waals surface area contributed by atoms with Crippen LogP contribution in [-0.4, -0.2) is 37.9 Å². The van der Waals surface area contributed by atoms with E-state index in [2.05, 4.69) is 20.2 Å². The summed E-state index contributed by atoms with van der Waals surface area (Å²) in [4.78, 5) is 7.99.